The number of rotatable bonds is 8. The second-order valence-corrected chi connectivity index (χ2v) is 8.80. The molecular weight excluding hydrogens is 495 g/mol. The lowest BCUT2D eigenvalue weighted by Crippen LogP contribution is -2.19. The normalized spacial score (nSPS) is 11.3. The maximum absolute atomic E-state index is 13.6. The fraction of sp³-hybridized carbons (Fsp3) is 0.0968. The SMILES string of the molecule is COc1ccc(Nc2ccc(N=C(C)c3c(-c4ccc(OC)cc4)[nH]n(-c4ccc(F)cc4)c3=O)cc2)cc1. The molecule has 0 aliphatic heterocycles. The molecule has 0 atom stereocenters. The molecule has 0 fully saturated rings. The van der Waals surface area contributed by atoms with Gasteiger partial charge in [-0.15, -0.1) is 0 Å². The Labute approximate surface area is 225 Å². The number of nitrogens with one attached hydrogen (secondary N) is 2. The van der Waals surface area contributed by atoms with Crippen LogP contribution in [0.5, 0.6) is 11.5 Å². The minimum absolute atomic E-state index is 0.286. The molecule has 0 bridgehead atoms. The highest BCUT2D eigenvalue weighted by molar-refractivity contribution is 6.04. The molecule has 2 N–H and O–H groups in total. The number of aromatic amines is 1. The van der Waals surface area contributed by atoms with E-state index in [0.717, 1.165) is 22.7 Å². The van der Waals surface area contributed by atoms with Gasteiger partial charge in [0.05, 0.1) is 42.6 Å². The zero-order chi connectivity index (χ0) is 27.4. The van der Waals surface area contributed by atoms with E-state index in [1.54, 1.807) is 33.3 Å². The third-order valence-corrected chi connectivity index (χ3v) is 6.26. The number of aromatic nitrogens is 2. The number of ether oxygens (including phenoxy) is 2. The highest BCUT2D eigenvalue weighted by atomic mass is 19.1. The van der Waals surface area contributed by atoms with Gasteiger partial charge in [-0.05, 0) is 104 Å². The number of hydrogen-bond donors (Lipinski definition) is 2. The van der Waals surface area contributed by atoms with Gasteiger partial charge >= 0.3 is 0 Å². The van der Waals surface area contributed by atoms with Crippen molar-refractivity contribution in [1.29, 1.82) is 0 Å². The second kappa shape index (κ2) is 11.1. The van der Waals surface area contributed by atoms with Gasteiger partial charge in [-0.25, -0.2) is 9.07 Å². The molecule has 0 unspecified atom stereocenters. The Balaban J connectivity index is 1.49. The van der Waals surface area contributed by atoms with E-state index in [2.05, 4.69) is 10.4 Å². The Morgan fingerprint density at radius 2 is 1.33 bits per heavy atom. The Hall–Kier alpha value is -5.11. The van der Waals surface area contributed by atoms with Gasteiger partial charge in [-0.1, -0.05) is 0 Å². The van der Waals surface area contributed by atoms with Crippen molar-refractivity contribution in [3.8, 4) is 28.4 Å². The van der Waals surface area contributed by atoms with Crippen molar-refractivity contribution in [2.75, 3.05) is 19.5 Å². The molecule has 5 aromatic rings. The predicted octanol–water partition coefficient (Wildman–Crippen LogP) is 6.87. The van der Waals surface area contributed by atoms with Crippen molar-refractivity contribution < 1.29 is 13.9 Å². The Morgan fingerprint density at radius 3 is 1.90 bits per heavy atom. The number of H-pyrrole nitrogens is 1. The van der Waals surface area contributed by atoms with Crippen molar-refractivity contribution >= 4 is 22.8 Å². The second-order valence-electron chi connectivity index (χ2n) is 8.80. The van der Waals surface area contributed by atoms with Gasteiger partial charge in [0.15, 0.2) is 0 Å². The maximum atomic E-state index is 13.6. The summed E-state index contributed by atoms with van der Waals surface area (Å²) in [6.07, 6.45) is 0. The fourth-order valence-electron chi connectivity index (χ4n) is 4.22. The van der Waals surface area contributed by atoms with Gasteiger partial charge in [0.1, 0.15) is 17.3 Å². The van der Waals surface area contributed by atoms with E-state index in [9.17, 15) is 9.18 Å². The molecule has 8 heteroatoms. The molecular formula is C31H27FN4O3. The number of halogens is 1. The average molecular weight is 523 g/mol. The smallest absolute Gasteiger partial charge is 0.280 e. The van der Waals surface area contributed by atoms with Crippen LogP contribution in [-0.4, -0.2) is 29.7 Å². The van der Waals surface area contributed by atoms with E-state index in [1.807, 2.05) is 72.8 Å². The van der Waals surface area contributed by atoms with E-state index < -0.39 is 0 Å². The first-order valence-electron chi connectivity index (χ1n) is 12.3. The third kappa shape index (κ3) is 5.60. The van der Waals surface area contributed by atoms with Crippen LogP contribution < -0.4 is 20.3 Å². The summed E-state index contributed by atoms with van der Waals surface area (Å²) in [5.41, 5.74) is 5.11. The maximum Gasteiger partial charge on any atom is 0.280 e. The van der Waals surface area contributed by atoms with Crippen molar-refractivity contribution in [1.82, 2.24) is 9.78 Å². The molecule has 196 valence electrons. The Kier molecular flexibility index (Phi) is 7.27. The summed E-state index contributed by atoms with van der Waals surface area (Å²) in [6, 6.07) is 28.4. The number of nitrogens with zero attached hydrogens (tertiary/aromatic N) is 2. The van der Waals surface area contributed by atoms with E-state index in [1.165, 1.54) is 16.8 Å². The lowest BCUT2D eigenvalue weighted by molar-refractivity contribution is 0.415. The van der Waals surface area contributed by atoms with Crippen LogP contribution in [0.2, 0.25) is 0 Å². The van der Waals surface area contributed by atoms with Crippen LogP contribution in [0.3, 0.4) is 0 Å². The van der Waals surface area contributed by atoms with Gasteiger partial charge in [-0.2, -0.15) is 0 Å². The molecule has 7 nitrogen and oxygen atoms in total. The number of aliphatic imine (C=N–C) groups is 1. The quantitative estimate of drug-likeness (QED) is 0.218. The summed E-state index contributed by atoms with van der Waals surface area (Å²) in [7, 11) is 3.23. The molecule has 1 heterocycles. The summed E-state index contributed by atoms with van der Waals surface area (Å²) >= 11 is 0. The lowest BCUT2D eigenvalue weighted by atomic mass is 10.0. The van der Waals surface area contributed by atoms with Crippen LogP contribution in [0, 0.1) is 5.82 Å². The van der Waals surface area contributed by atoms with Crippen LogP contribution in [-0.2, 0) is 0 Å². The van der Waals surface area contributed by atoms with Crippen molar-refractivity contribution in [2.24, 2.45) is 4.99 Å². The van der Waals surface area contributed by atoms with E-state index >= 15 is 0 Å². The number of methoxy groups -OCH3 is 2. The van der Waals surface area contributed by atoms with Gasteiger partial charge in [0, 0.05) is 16.9 Å². The van der Waals surface area contributed by atoms with Crippen LogP contribution in [0.4, 0.5) is 21.5 Å². The number of benzene rings is 4. The van der Waals surface area contributed by atoms with Crippen LogP contribution >= 0.6 is 0 Å². The summed E-state index contributed by atoms with van der Waals surface area (Å²) in [6.45, 7) is 1.80. The van der Waals surface area contributed by atoms with E-state index in [-0.39, 0.29) is 11.4 Å². The minimum Gasteiger partial charge on any atom is -0.497 e. The van der Waals surface area contributed by atoms with Gasteiger partial charge in [-0.3, -0.25) is 14.9 Å². The first-order valence-corrected chi connectivity index (χ1v) is 12.3. The predicted molar refractivity (Wildman–Crippen MR) is 153 cm³/mol. The van der Waals surface area contributed by atoms with Crippen molar-refractivity contribution in [2.45, 2.75) is 6.92 Å². The standard InChI is InChI=1S/C31H27FN4O3/c1-20(33-23-8-10-24(11-9-23)34-25-12-18-28(39-3)19-13-25)29-30(21-4-16-27(38-2)17-5-21)35-36(31(29)37)26-14-6-22(32)7-15-26/h4-19,34-35H,1-3H3. The Bertz CT molecular complexity index is 1650. The average Bonchev–Trinajstić information content (AvgIpc) is 3.32. The molecule has 0 spiro atoms. The zero-order valence-electron chi connectivity index (χ0n) is 21.7. The lowest BCUT2D eigenvalue weighted by Gasteiger charge is -2.08. The van der Waals surface area contributed by atoms with Gasteiger partial charge in [0.2, 0.25) is 0 Å². The highest BCUT2D eigenvalue weighted by Crippen LogP contribution is 2.26. The summed E-state index contributed by atoms with van der Waals surface area (Å²) in [5.74, 6) is 1.11. The summed E-state index contributed by atoms with van der Waals surface area (Å²) in [5, 5.41) is 6.53. The largest absolute Gasteiger partial charge is 0.497 e. The van der Waals surface area contributed by atoms with Crippen LogP contribution in [0.15, 0.2) is 107 Å². The van der Waals surface area contributed by atoms with E-state index in [0.29, 0.717) is 34.1 Å². The highest BCUT2D eigenvalue weighted by Gasteiger charge is 2.19. The molecule has 0 aliphatic rings. The topological polar surface area (TPSA) is 80.6 Å². The Morgan fingerprint density at radius 1 is 0.795 bits per heavy atom. The monoisotopic (exact) mass is 522 g/mol. The summed E-state index contributed by atoms with van der Waals surface area (Å²) in [4.78, 5) is 18.4. The minimum atomic E-state index is -0.378. The third-order valence-electron chi connectivity index (χ3n) is 6.26. The van der Waals surface area contributed by atoms with Crippen molar-refractivity contribution in [3.05, 3.63) is 119 Å². The summed E-state index contributed by atoms with van der Waals surface area (Å²) < 4.78 is 25.4. The molecule has 0 aliphatic carbocycles. The zero-order valence-corrected chi connectivity index (χ0v) is 21.7. The first-order chi connectivity index (χ1) is 18.9. The molecule has 0 saturated heterocycles. The molecule has 5 rings (SSSR count). The van der Waals surface area contributed by atoms with Crippen molar-refractivity contribution in [3.63, 3.8) is 0 Å². The fourth-order valence-corrected chi connectivity index (χ4v) is 4.22. The molecule has 39 heavy (non-hydrogen) atoms. The molecule has 4 aromatic carbocycles. The first kappa shape index (κ1) is 25.5. The van der Waals surface area contributed by atoms with Crippen LogP contribution in [0.1, 0.15) is 12.5 Å². The molecule has 0 radical (unpaired) electrons. The molecule has 0 saturated carbocycles. The molecule has 1 aromatic heterocycles. The number of anilines is 2. The van der Waals surface area contributed by atoms with Gasteiger partial charge < -0.3 is 14.8 Å². The van der Waals surface area contributed by atoms with Gasteiger partial charge in [0.25, 0.3) is 5.56 Å². The van der Waals surface area contributed by atoms with E-state index in [4.69, 9.17) is 14.5 Å². The molecule has 0 amide bonds. The number of hydrogen-bond acceptors (Lipinski definition) is 5. The van der Waals surface area contributed by atoms with Crippen LogP contribution in [0.25, 0.3) is 16.9 Å².